The topological polar surface area (TPSA) is 51.8 Å². The molecular weight excluding hydrogens is 611 g/mol. The predicted molar refractivity (Wildman–Crippen MR) is 204 cm³/mol. The lowest BCUT2D eigenvalue weighted by Crippen LogP contribution is -1.89. The average molecular weight is 645 g/mol. The van der Waals surface area contributed by atoms with Gasteiger partial charge in [-0.3, -0.25) is 9.97 Å². The van der Waals surface area contributed by atoms with Gasteiger partial charge in [0.25, 0.3) is 0 Å². The molecule has 0 atom stereocenters. The first-order valence-corrected chi connectivity index (χ1v) is 16.5. The molecular formula is C46H31N3O. The van der Waals surface area contributed by atoms with Crippen LogP contribution in [0, 0.1) is 6.85 Å². The number of rotatable bonds is 6. The van der Waals surface area contributed by atoms with Gasteiger partial charge in [0.05, 0.1) is 11.4 Å². The summed E-state index contributed by atoms with van der Waals surface area (Å²) in [5, 5.41) is 1.63. The van der Waals surface area contributed by atoms with Gasteiger partial charge in [0, 0.05) is 49.7 Å². The second-order valence-electron chi connectivity index (χ2n) is 12.3. The van der Waals surface area contributed by atoms with Gasteiger partial charge in [0.1, 0.15) is 5.58 Å². The minimum absolute atomic E-state index is 0.0162. The van der Waals surface area contributed by atoms with Crippen LogP contribution in [-0.2, 0) is 0 Å². The minimum Gasteiger partial charge on any atom is -0.438 e. The summed E-state index contributed by atoms with van der Waals surface area (Å²) in [5.74, 6) is 0. The molecule has 9 aromatic rings. The molecule has 4 heteroatoms. The van der Waals surface area contributed by atoms with Crippen molar-refractivity contribution in [2.24, 2.45) is 0 Å². The molecule has 4 aromatic heterocycles. The van der Waals surface area contributed by atoms with Gasteiger partial charge < -0.3 is 4.42 Å². The summed E-state index contributed by atoms with van der Waals surface area (Å²) in [5.41, 5.74) is 13.7. The third-order valence-corrected chi connectivity index (χ3v) is 9.17. The fourth-order valence-corrected chi connectivity index (χ4v) is 6.65. The van der Waals surface area contributed by atoms with Gasteiger partial charge in [-0.25, -0.2) is 4.98 Å². The van der Waals surface area contributed by atoms with E-state index < -0.39 is 6.85 Å². The molecule has 236 valence electrons. The van der Waals surface area contributed by atoms with Crippen LogP contribution in [0.2, 0.25) is 0 Å². The van der Waals surface area contributed by atoms with Crippen molar-refractivity contribution < 1.29 is 8.53 Å². The summed E-state index contributed by atoms with van der Waals surface area (Å²) in [6.45, 7) is -2.30. The Morgan fingerprint density at radius 1 is 0.460 bits per heavy atom. The van der Waals surface area contributed by atoms with Crippen LogP contribution in [0.1, 0.15) is 9.81 Å². The number of furan rings is 1. The first-order chi connectivity index (χ1) is 25.9. The van der Waals surface area contributed by atoms with E-state index in [9.17, 15) is 0 Å². The zero-order valence-corrected chi connectivity index (χ0v) is 26.9. The van der Waals surface area contributed by atoms with E-state index in [2.05, 4.69) is 113 Å². The van der Waals surface area contributed by atoms with Crippen LogP contribution in [0.5, 0.6) is 0 Å². The lowest BCUT2D eigenvalue weighted by Gasteiger charge is -2.13. The molecule has 0 aliphatic carbocycles. The van der Waals surface area contributed by atoms with E-state index in [0.717, 1.165) is 77.8 Å². The lowest BCUT2D eigenvalue weighted by molar-refractivity contribution is 0.652. The molecule has 0 amide bonds. The first kappa shape index (κ1) is 26.3. The fraction of sp³-hybridized carbons (Fsp3) is 0.0217. The molecule has 0 N–H and O–H groups in total. The van der Waals surface area contributed by atoms with Crippen LogP contribution in [-0.4, -0.2) is 15.0 Å². The minimum atomic E-state index is -2.30. The zero-order valence-electron chi connectivity index (χ0n) is 29.9. The Bertz CT molecular complexity index is 2770. The van der Waals surface area contributed by atoms with Crippen molar-refractivity contribution in [2.75, 3.05) is 0 Å². The maximum Gasteiger partial charge on any atom is 0.227 e. The van der Waals surface area contributed by atoms with Crippen LogP contribution < -0.4 is 0 Å². The Labute approximate surface area is 294 Å². The summed E-state index contributed by atoms with van der Waals surface area (Å²) < 4.78 is 29.0. The third-order valence-electron chi connectivity index (χ3n) is 9.17. The van der Waals surface area contributed by atoms with E-state index in [0.29, 0.717) is 11.3 Å². The quantitative estimate of drug-likeness (QED) is 0.181. The van der Waals surface area contributed by atoms with Gasteiger partial charge in [-0.05, 0) is 106 Å². The Hall–Kier alpha value is -6.65. The largest absolute Gasteiger partial charge is 0.438 e. The van der Waals surface area contributed by atoms with Crippen LogP contribution >= 0.6 is 0 Å². The number of hydrogen-bond donors (Lipinski definition) is 0. The van der Waals surface area contributed by atoms with Crippen LogP contribution in [0.4, 0.5) is 0 Å². The highest BCUT2D eigenvalue weighted by Gasteiger charge is 2.13. The summed E-state index contributed by atoms with van der Waals surface area (Å²) in [7, 11) is 0. The predicted octanol–water partition coefficient (Wildman–Crippen LogP) is 12.1. The van der Waals surface area contributed by atoms with Crippen molar-refractivity contribution in [3.05, 3.63) is 176 Å². The smallest absolute Gasteiger partial charge is 0.227 e. The highest BCUT2D eigenvalue weighted by molar-refractivity contribution is 6.05. The highest BCUT2D eigenvalue weighted by atomic mass is 16.3. The monoisotopic (exact) mass is 644 g/mol. The number of hydrogen-bond acceptors (Lipinski definition) is 4. The maximum atomic E-state index is 7.69. The molecule has 0 saturated heterocycles. The van der Waals surface area contributed by atoms with Crippen molar-refractivity contribution in [1.29, 1.82) is 0 Å². The van der Waals surface area contributed by atoms with Gasteiger partial charge in [-0.15, -0.1) is 0 Å². The molecule has 0 aliphatic heterocycles. The Kier molecular flexibility index (Phi) is 6.54. The number of pyridine rings is 3. The molecule has 0 unspecified atom stereocenters. The second-order valence-corrected chi connectivity index (χ2v) is 12.3. The molecule has 9 rings (SSSR count). The second kappa shape index (κ2) is 12.4. The van der Waals surface area contributed by atoms with Gasteiger partial charge in [-0.1, -0.05) is 97.1 Å². The van der Waals surface area contributed by atoms with Crippen LogP contribution in [0.15, 0.2) is 175 Å². The summed E-state index contributed by atoms with van der Waals surface area (Å²) in [4.78, 5) is 13.7. The average Bonchev–Trinajstić information content (AvgIpc) is 3.58. The van der Waals surface area contributed by atoms with Gasteiger partial charge in [0.2, 0.25) is 5.71 Å². The van der Waals surface area contributed by atoms with Gasteiger partial charge in [0.15, 0.2) is 0 Å². The standard InChI is InChI=1S/C46H31N3O/c1-30-17-20-41-42-27-37(19-22-45(42)50-46(41)49-30)43-21-18-38(29-48-43)34-13-7-11-32(25-34)33-12-8-14-35(26-33)39-15-5-6-16-40(39)36-23-24-47-44(28-36)31-9-3-2-4-10-31/h2-29H,1H3/i1D3. The molecule has 50 heavy (non-hydrogen) atoms. The van der Waals surface area contributed by atoms with Crippen LogP contribution in [0.25, 0.3) is 89.1 Å². The SMILES string of the molecule is [2H]C([2H])([2H])c1ccc2c(n1)oc1ccc(-c3ccc(-c4cccc(-c5cccc(-c6ccccc6-c6ccnc(-c7ccccc7)c6)c5)c4)cn3)cc12. The van der Waals surface area contributed by atoms with E-state index in [1.807, 2.05) is 54.9 Å². The van der Waals surface area contributed by atoms with Crippen molar-refractivity contribution in [3.63, 3.8) is 0 Å². The molecule has 0 aliphatic rings. The normalized spacial score (nSPS) is 12.4. The third kappa shape index (κ3) is 5.53. The molecule has 4 heterocycles. The fourth-order valence-electron chi connectivity index (χ4n) is 6.65. The molecule has 0 bridgehead atoms. The number of aryl methyl sites for hydroxylation is 1. The van der Waals surface area contributed by atoms with Gasteiger partial charge in [-0.2, -0.15) is 0 Å². The van der Waals surface area contributed by atoms with Crippen molar-refractivity contribution in [2.45, 2.75) is 6.85 Å². The van der Waals surface area contributed by atoms with E-state index in [1.54, 1.807) is 6.07 Å². The van der Waals surface area contributed by atoms with E-state index >= 15 is 0 Å². The van der Waals surface area contributed by atoms with Gasteiger partial charge >= 0.3 is 0 Å². The van der Waals surface area contributed by atoms with E-state index in [-0.39, 0.29) is 5.69 Å². The Morgan fingerprint density at radius 3 is 1.90 bits per heavy atom. The number of aromatic nitrogens is 3. The maximum absolute atomic E-state index is 7.69. The summed E-state index contributed by atoms with van der Waals surface area (Å²) >= 11 is 0. The molecule has 0 saturated carbocycles. The van der Waals surface area contributed by atoms with Crippen molar-refractivity contribution >= 4 is 22.1 Å². The number of benzene rings is 5. The number of fused-ring (bicyclic) bond motifs is 3. The van der Waals surface area contributed by atoms with Crippen LogP contribution in [0.3, 0.4) is 0 Å². The molecule has 0 spiro atoms. The summed E-state index contributed by atoms with van der Waals surface area (Å²) in [6.07, 6.45) is 3.79. The van der Waals surface area contributed by atoms with E-state index in [1.165, 1.54) is 6.07 Å². The molecule has 0 fully saturated rings. The Balaban J connectivity index is 0.998. The zero-order chi connectivity index (χ0) is 35.9. The number of nitrogens with zero attached hydrogens (tertiary/aromatic N) is 3. The van der Waals surface area contributed by atoms with E-state index in [4.69, 9.17) is 13.5 Å². The molecule has 4 nitrogen and oxygen atoms in total. The van der Waals surface area contributed by atoms with Crippen molar-refractivity contribution in [3.8, 4) is 67.0 Å². The highest BCUT2D eigenvalue weighted by Crippen LogP contribution is 2.36. The molecule has 0 radical (unpaired) electrons. The first-order valence-electron chi connectivity index (χ1n) is 18.0. The molecule has 5 aromatic carbocycles. The van der Waals surface area contributed by atoms with Crippen molar-refractivity contribution in [1.82, 2.24) is 15.0 Å². The lowest BCUT2D eigenvalue weighted by atomic mass is 9.92. The Morgan fingerprint density at radius 2 is 1.14 bits per heavy atom. The summed E-state index contributed by atoms with van der Waals surface area (Å²) in [6, 6.07) is 53.6.